The summed E-state index contributed by atoms with van der Waals surface area (Å²) in [5.41, 5.74) is -0.153. The van der Waals surface area contributed by atoms with E-state index in [0.29, 0.717) is 39.0 Å². The standard InChI is InChI=1S/C19H20N2O5S/c22-15-5-6-19(21(15)13-3-1-2-4-14(13)27-19)16(23)20-9-12-10-26-8-7-18(12,11-20)17(24)25/h1-4,12H,5-11H2,(H,24,25)/t12-,18+,19?/m0/s1. The fraction of sp³-hybridized carbons (Fsp3) is 0.526. The molecule has 3 atom stereocenters. The fourth-order valence-corrected chi connectivity index (χ4v) is 6.47. The second-order valence-corrected chi connectivity index (χ2v) is 9.07. The molecule has 4 heterocycles. The van der Waals surface area contributed by atoms with Gasteiger partial charge in [-0.15, -0.1) is 0 Å². The van der Waals surface area contributed by atoms with Crippen molar-refractivity contribution in [3.8, 4) is 0 Å². The fourth-order valence-electron chi connectivity index (χ4n) is 4.98. The number of para-hydroxylation sites is 1. The monoisotopic (exact) mass is 388 g/mol. The summed E-state index contributed by atoms with van der Waals surface area (Å²) >= 11 is 1.43. The lowest BCUT2D eigenvalue weighted by molar-refractivity contribution is -0.157. The lowest BCUT2D eigenvalue weighted by Crippen LogP contribution is -2.54. The first-order chi connectivity index (χ1) is 13.0. The Balaban J connectivity index is 1.50. The largest absolute Gasteiger partial charge is 0.481 e. The summed E-state index contributed by atoms with van der Waals surface area (Å²) in [6.45, 7) is 1.32. The Labute approximate surface area is 160 Å². The van der Waals surface area contributed by atoms with Crippen LogP contribution in [-0.2, 0) is 19.1 Å². The molecule has 4 aliphatic rings. The molecule has 0 saturated carbocycles. The molecule has 0 bridgehead atoms. The summed E-state index contributed by atoms with van der Waals surface area (Å²) in [5, 5.41) is 9.87. The van der Waals surface area contributed by atoms with Crippen molar-refractivity contribution in [2.75, 3.05) is 31.2 Å². The van der Waals surface area contributed by atoms with Crippen molar-refractivity contribution < 1.29 is 24.2 Å². The Morgan fingerprint density at radius 3 is 2.85 bits per heavy atom. The maximum absolute atomic E-state index is 13.7. The molecular weight excluding hydrogens is 368 g/mol. The molecule has 4 aliphatic heterocycles. The number of carbonyl (C=O) groups excluding carboxylic acids is 2. The first-order valence-corrected chi connectivity index (χ1v) is 10.0. The van der Waals surface area contributed by atoms with Crippen LogP contribution in [0.15, 0.2) is 29.2 Å². The number of hydrogen-bond acceptors (Lipinski definition) is 5. The minimum atomic E-state index is -0.977. The molecule has 3 fully saturated rings. The summed E-state index contributed by atoms with van der Waals surface area (Å²) in [6.07, 6.45) is 1.19. The molecule has 1 aromatic rings. The third-order valence-electron chi connectivity index (χ3n) is 6.43. The number of aliphatic carboxylic acids is 1. The van der Waals surface area contributed by atoms with E-state index in [1.807, 2.05) is 24.3 Å². The lowest BCUT2D eigenvalue weighted by Gasteiger charge is -2.35. The van der Waals surface area contributed by atoms with E-state index in [4.69, 9.17) is 4.74 Å². The van der Waals surface area contributed by atoms with Gasteiger partial charge in [0.15, 0.2) is 4.87 Å². The van der Waals surface area contributed by atoms with Crippen LogP contribution < -0.4 is 4.90 Å². The molecule has 1 N–H and O–H groups in total. The molecule has 1 aromatic carbocycles. The molecule has 5 rings (SSSR count). The number of hydrogen-bond donors (Lipinski definition) is 1. The highest BCUT2D eigenvalue weighted by Crippen LogP contribution is 2.57. The van der Waals surface area contributed by atoms with E-state index in [0.717, 1.165) is 10.6 Å². The van der Waals surface area contributed by atoms with Crippen molar-refractivity contribution in [3.63, 3.8) is 0 Å². The summed E-state index contributed by atoms with van der Waals surface area (Å²) in [6, 6.07) is 7.57. The van der Waals surface area contributed by atoms with E-state index in [1.165, 1.54) is 11.8 Å². The number of amides is 2. The van der Waals surface area contributed by atoms with Gasteiger partial charge in [-0.1, -0.05) is 23.9 Å². The van der Waals surface area contributed by atoms with E-state index in [1.54, 1.807) is 9.80 Å². The van der Waals surface area contributed by atoms with Gasteiger partial charge in [0.05, 0.1) is 17.7 Å². The normalized spacial score (nSPS) is 34.4. The van der Waals surface area contributed by atoms with Crippen LogP contribution in [0, 0.1) is 11.3 Å². The topological polar surface area (TPSA) is 87.1 Å². The number of nitrogens with zero attached hydrogens (tertiary/aromatic N) is 2. The van der Waals surface area contributed by atoms with Gasteiger partial charge in [-0.05, 0) is 25.0 Å². The second kappa shape index (κ2) is 5.72. The van der Waals surface area contributed by atoms with Gasteiger partial charge < -0.3 is 14.7 Å². The van der Waals surface area contributed by atoms with E-state index in [2.05, 4.69) is 0 Å². The van der Waals surface area contributed by atoms with Crippen molar-refractivity contribution in [2.45, 2.75) is 29.0 Å². The number of rotatable bonds is 2. The van der Waals surface area contributed by atoms with Crippen LogP contribution in [0.4, 0.5) is 5.69 Å². The van der Waals surface area contributed by atoms with Gasteiger partial charge in [0.2, 0.25) is 5.91 Å². The Morgan fingerprint density at radius 1 is 1.26 bits per heavy atom. The van der Waals surface area contributed by atoms with Gasteiger partial charge in [0, 0.05) is 36.9 Å². The summed E-state index contributed by atoms with van der Waals surface area (Å²) in [7, 11) is 0. The Kier molecular flexibility index (Phi) is 3.61. The van der Waals surface area contributed by atoms with Crippen molar-refractivity contribution in [1.82, 2.24) is 4.90 Å². The van der Waals surface area contributed by atoms with E-state index in [-0.39, 0.29) is 24.3 Å². The zero-order valence-electron chi connectivity index (χ0n) is 14.7. The highest BCUT2D eigenvalue weighted by Gasteiger charge is 2.62. The average molecular weight is 388 g/mol. The number of anilines is 1. The Bertz CT molecular complexity index is 860. The highest BCUT2D eigenvalue weighted by molar-refractivity contribution is 8.02. The summed E-state index contributed by atoms with van der Waals surface area (Å²) < 4.78 is 5.49. The summed E-state index contributed by atoms with van der Waals surface area (Å²) in [4.78, 5) is 41.5. The molecule has 0 aromatic heterocycles. The van der Waals surface area contributed by atoms with Gasteiger partial charge in [-0.2, -0.15) is 0 Å². The molecule has 0 aliphatic carbocycles. The van der Waals surface area contributed by atoms with Crippen LogP contribution in [-0.4, -0.2) is 59.0 Å². The van der Waals surface area contributed by atoms with Crippen molar-refractivity contribution in [1.29, 1.82) is 0 Å². The molecule has 142 valence electrons. The number of benzene rings is 1. The van der Waals surface area contributed by atoms with Crippen molar-refractivity contribution in [3.05, 3.63) is 24.3 Å². The number of fused-ring (bicyclic) bond motifs is 4. The Hall–Kier alpha value is -2.06. The molecule has 1 unspecified atom stereocenters. The zero-order valence-corrected chi connectivity index (χ0v) is 15.5. The predicted molar refractivity (Wildman–Crippen MR) is 97.3 cm³/mol. The third kappa shape index (κ3) is 2.17. The highest BCUT2D eigenvalue weighted by atomic mass is 32.2. The molecule has 2 amide bonds. The number of carboxylic acid groups (broad SMARTS) is 1. The van der Waals surface area contributed by atoms with Gasteiger partial charge in [0.1, 0.15) is 0 Å². The first kappa shape index (κ1) is 17.1. The van der Waals surface area contributed by atoms with E-state index >= 15 is 0 Å². The lowest BCUT2D eigenvalue weighted by atomic mass is 9.74. The molecule has 0 spiro atoms. The number of carbonyl (C=O) groups is 3. The SMILES string of the molecule is O=C1CCC2(C(=O)N3C[C@H]4COCC[C@@]4(C(=O)O)C3)Sc3ccccc3N12. The first-order valence-electron chi connectivity index (χ1n) is 9.20. The number of thioether (sulfide) groups is 1. The van der Waals surface area contributed by atoms with Crippen molar-refractivity contribution in [2.24, 2.45) is 11.3 Å². The molecule has 27 heavy (non-hydrogen) atoms. The molecular formula is C19H20N2O5S. The molecule has 8 heteroatoms. The minimum Gasteiger partial charge on any atom is -0.481 e. The summed E-state index contributed by atoms with van der Waals surface area (Å²) in [5.74, 6) is -1.26. The zero-order chi connectivity index (χ0) is 18.8. The Morgan fingerprint density at radius 2 is 2.07 bits per heavy atom. The van der Waals surface area contributed by atoms with Crippen molar-refractivity contribution >= 4 is 35.2 Å². The third-order valence-corrected chi connectivity index (χ3v) is 7.89. The van der Waals surface area contributed by atoms with E-state index in [9.17, 15) is 19.5 Å². The van der Waals surface area contributed by atoms with Gasteiger partial charge in [-0.25, -0.2) is 0 Å². The van der Waals surface area contributed by atoms with Crippen LogP contribution in [0.5, 0.6) is 0 Å². The van der Waals surface area contributed by atoms with E-state index < -0.39 is 16.3 Å². The minimum absolute atomic E-state index is 0.0475. The molecule has 7 nitrogen and oxygen atoms in total. The number of likely N-dealkylation sites (tertiary alicyclic amines) is 1. The van der Waals surface area contributed by atoms with Gasteiger partial charge >= 0.3 is 5.97 Å². The van der Waals surface area contributed by atoms with Crippen LogP contribution in [0.2, 0.25) is 0 Å². The second-order valence-electron chi connectivity index (χ2n) is 7.75. The quantitative estimate of drug-likeness (QED) is 0.828. The smallest absolute Gasteiger partial charge is 0.311 e. The maximum atomic E-state index is 13.7. The number of ether oxygens (including phenoxy) is 1. The maximum Gasteiger partial charge on any atom is 0.311 e. The molecule has 0 radical (unpaired) electrons. The number of carboxylic acids is 1. The average Bonchev–Trinajstić information content (AvgIpc) is 3.31. The molecule has 3 saturated heterocycles. The van der Waals surface area contributed by atoms with Crippen LogP contribution in [0.3, 0.4) is 0 Å². The predicted octanol–water partition coefficient (Wildman–Crippen LogP) is 1.57. The van der Waals surface area contributed by atoms with Crippen LogP contribution in [0.1, 0.15) is 19.3 Å². The van der Waals surface area contributed by atoms with Gasteiger partial charge in [0.25, 0.3) is 5.91 Å². The van der Waals surface area contributed by atoms with Gasteiger partial charge in [-0.3, -0.25) is 19.3 Å². The van der Waals surface area contributed by atoms with Crippen LogP contribution in [0.25, 0.3) is 0 Å². The van der Waals surface area contributed by atoms with Crippen LogP contribution >= 0.6 is 11.8 Å².